The molecule has 1 amide bonds. The van der Waals surface area contributed by atoms with E-state index in [4.69, 9.17) is 0 Å². The molecule has 5 nitrogen and oxygen atoms in total. The molecule has 0 fully saturated rings. The van der Waals surface area contributed by atoms with Crippen molar-refractivity contribution in [1.29, 1.82) is 0 Å². The number of nitrogens with zero attached hydrogens (tertiary/aromatic N) is 3. The monoisotopic (exact) mass is 343 g/mol. The minimum atomic E-state index is -1.03. The molecule has 7 heteroatoms. The first-order valence-electron chi connectivity index (χ1n) is 7.71. The molecule has 0 radical (unpaired) electrons. The van der Waals surface area contributed by atoms with Gasteiger partial charge >= 0.3 is 0 Å². The molecule has 0 saturated carbocycles. The van der Waals surface area contributed by atoms with Gasteiger partial charge in [-0.3, -0.25) is 14.2 Å². The Morgan fingerprint density at radius 2 is 1.92 bits per heavy atom. The average molecular weight is 343 g/mol. The Balaban J connectivity index is 1.91. The standard InChI is InChI=1S/C18H15F2N3O2/c1-2-23(12-7-8-14(19)15(20)9-12)17(24)10-22-11-21-16-6-4-3-5-13(16)18(22)25/h3-9,11H,2,10H2,1H3. The topological polar surface area (TPSA) is 55.2 Å². The highest BCUT2D eigenvalue weighted by Crippen LogP contribution is 2.18. The maximum atomic E-state index is 13.4. The summed E-state index contributed by atoms with van der Waals surface area (Å²) in [5.41, 5.74) is 0.442. The van der Waals surface area contributed by atoms with Crippen LogP contribution < -0.4 is 10.5 Å². The van der Waals surface area contributed by atoms with Gasteiger partial charge in [-0.25, -0.2) is 13.8 Å². The number of hydrogen-bond acceptors (Lipinski definition) is 3. The zero-order valence-electron chi connectivity index (χ0n) is 13.4. The lowest BCUT2D eigenvalue weighted by atomic mass is 10.2. The van der Waals surface area contributed by atoms with Crippen LogP contribution >= 0.6 is 0 Å². The zero-order chi connectivity index (χ0) is 18.0. The number of benzene rings is 2. The summed E-state index contributed by atoms with van der Waals surface area (Å²) in [7, 11) is 0. The van der Waals surface area contributed by atoms with Crippen LogP contribution in [0, 0.1) is 11.6 Å². The molecule has 3 rings (SSSR count). The average Bonchev–Trinajstić information content (AvgIpc) is 2.61. The summed E-state index contributed by atoms with van der Waals surface area (Å²) in [4.78, 5) is 30.4. The van der Waals surface area contributed by atoms with Crippen molar-refractivity contribution in [2.24, 2.45) is 0 Å². The Hall–Kier alpha value is -3.09. The number of para-hydroxylation sites is 1. The fourth-order valence-corrected chi connectivity index (χ4v) is 2.61. The first-order valence-corrected chi connectivity index (χ1v) is 7.71. The fourth-order valence-electron chi connectivity index (χ4n) is 2.61. The first-order chi connectivity index (χ1) is 12.0. The molecule has 0 aliphatic heterocycles. The highest BCUT2D eigenvalue weighted by molar-refractivity contribution is 5.93. The predicted molar refractivity (Wildman–Crippen MR) is 90.4 cm³/mol. The van der Waals surface area contributed by atoms with E-state index in [-0.39, 0.29) is 24.3 Å². The zero-order valence-corrected chi connectivity index (χ0v) is 13.4. The molecule has 0 spiro atoms. The van der Waals surface area contributed by atoms with Crippen molar-refractivity contribution in [3.63, 3.8) is 0 Å². The van der Waals surface area contributed by atoms with Crippen LogP contribution in [0.5, 0.6) is 0 Å². The summed E-state index contributed by atoms with van der Waals surface area (Å²) >= 11 is 0. The largest absolute Gasteiger partial charge is 0.311 e. The van der Waals surface area contributed by atoms with Gasteiger partial charge in [0.25, 0.3) is 5.56 Å². The Morgan fingerprint density at radius 1 is 1.16 bits per heavy atom. The molecule has 0 aliphatic carbocycles. The number of likely N-dealkylation sites (N-methyl/N-ethyl adjacent to an activating group) is 1. The third kappa shape index (κ3) is 3.26. The van der Waals surface area contributed by atoms with E-state index in [1.165, 1.54) is 21.9 Å². The van der Waals surface area contributed by atoms with Crippen LogP contribution in [0.4, 0.5) is 14.5 Å². The molecule has 1 aromatic heterocycles. The lowest BCUT2D eigenvalue weighted by Crippen LogP contribution is -2.36. The van der Waals surface area contributed by atoms with Crippen molar-refractivity contribution < 1.29 is 13.6 Å². The third-order valence-corrected chi connectivity index (χ3v) is 3.87. The molecular weight excluding hydrogens is 328 g/mol. The van der Waals surface area contributed by atoms with Crippen molar-refractivity contribution in [2.75, 3.05) is 11.4 Å². The molecule has 0 unspecified atom stereocenters. The predicted octanol–water partition coefficient (Wildman–Crippen LogP) is 2.73. The summed E-state index contributed by atoms with van der Waals surface area (Å²) in [6, 6.07) is 10.1. The van der Waals surface area contributed by atoms with E-state index in [1.807, 2.05) is 0 Å². The van der Waals surface area contributed by atoms with Crippen molar-refractivity contribution in [3.8, 4) is 0 Å². The highest BCUT2D eigenvalue weighted by atomic mass is 19.2. The van der Waals surface area contributed by atoms with E-state index in [2.05, 4.69) is 4.98 Å². The number of anilines is 1. The number of aromatic nitrogens is 2. The molecule has 3 aromatic rings. The second kappa shape index (κ2) is 6.80. The molecular formula is C18H15F2N3O2. The smallest absolute Gasteiger partial charge is 0.261 e. The van der Waals surface area contributed by atoms with Crippen LogP contribution in [0.1, 0.15) is 6.92 Å². The van der Waals surface area contributed by atoms with Gasteiger partial charge < -0.3 is 4.90 Å². The minimum absolute atomic E-state index is 0.230. The number of hydrogen-bond donors (Lipinski definition) is 0. The molecule has 0 saturated heterocycles. The Kier molecular flexibility index (Phi) is 4.56. The van der Waals surface area contributed by atoms with Gasteiger partial charge in [0.15, 0.2) is 11.6 Å². The van der Waals surface area contributed by atoms with Crippen LogP contribution in [0.3, 0.4) is 0 Å². The summed E-state index contributed by atoms with van der Waals surface area (Å²) in [6.45, 7) is 1.71. The quantitative estimate of drug-likeness (QED) is 0.732. The van der Waals surface area contributed by atoms with E-state index in [1.54, 1.807) is 31.2 Å². The number of fused-ring (bicyclic) bond motifs is 1. The molecule has 0 N–H and O–H groups in total. The Labute approximate surface area is 142 Å². The van der Waals surface area contributed by atoms with Crippen LogP contribution in [0.15, 0.2) is 53.6 Å². The number of amides is 1. The van der Waals surface area contributed by atoms with Crippen molar-refractivity contribution >= 4 is 22.5 Å². The summed E-state index contributed by atoms with van der Waals surface area (Å²) in [5, 5.41) is 0.411. The van der Waals surface area contributed by atoms with Crippen LogP contribution in [0.2, 0.25) is 0 Å². The van der Waals surface area contributed by atoms with E-state index < -0.39 is 17.5 Å². The molecule has 25 heavy (non-hydrogen) atoms. The number of carbonyl (C=O) groups excluding carboxylic acids is 1. The molecule has 0 atom stereocenters. The fraction of sp³-hybridized carbons (Fsp3) is 0.167. The normalized spacial score (nSPS) is 10.8. The molecule has 1 heterocycles. The van der Waals surface area contributed by atoms with E-state index in [9.17, 15) is 18.4 Å². The van der Waals surface area contributed by atoms with Crippen molar-refractivity contribution in [2.45, 2.75) is 13.5 Å². The number of halogens is 2. The van der Waals surface area contributed by atoms with Gasteiger partial charge in [-0.1, -0.05) is 12.1 Å². The van der Waals surface area contributed by atoms with Gasteiger partial charge in [-0.05, 0) is 31.2 Å². The van der Waals surface area contributed by atoms with Gasteiger partial charge in [-0.15, -0.1) is 0 Å². The van der Waals surface area contributed by atoms with Gasteiger partial charge in [0.1, 0.15) is 6.54 Å². The second-order valence-electron chi connectivity index (χ2n) is 5.43. The minimum Gasteiger partial charge on any atom is -0.311 e. The third-order valence-electron chi connectivity index (χ3n) is 3.87. The van der Waals surface area contributed by atoms with Crippen molar-refractivity contribution in [1.82, 2.24) is 9.55 Å². The summed E-state index contributed by atoms with van der Waals surface area (Å²) in [6.07, 6.45) is 1.31. The summed E-state index contributed by atoms with van der Waals surface area (Å²) in [5.74, 6) is -2.44. The van der Waals surface area contributed by atoms with Gasteiger partial charge in [0.05, 0.1) is 17.2 Å². The van der Waals surface area contributed by atoms with E-state index in [0.29, 0.717) is 10.9 Å². The Bertz CT molecular complexity index is 1000. The molecule has 0 bridgehead atoms. The van der Waals surface area contributed by atoms with Gasteiger partial charge in [0.2, 0.25) is 5.91 Å². The SMILES string of the molecule is CCN(C(=O)Cn1cnc2ccccc2c1=O)c1ccc(F)c(F)c1. The van der Waals surface area contributed by atoms with Gasteiger partial charge in [-0.2, -0.15) is 0 Å². The summed E-state index contributed by atoms with van der Waals surface area (Å²) < 4.78 is 27.7. The molecule has 2 aromatic carbocycles. The maximum Gasteiger partial charge on any atom is 0.261 e. The van der Waals surface area contributed by atoms with Crippen LogP contribution in [-0.4, -0.2) is 22.0 Å². The Morgan fingerprint density at radius 3 is 2.64 bits per heavy atom. The number of carbonyl (C=O) groups is 1. The van der Waals surface area contributed by atoms with Crippen LogP contribution in [0.25, 0.3) is 10.9 Å². The molecule has 128 valence electrons. The number of rotatable bonds is 4. The second-order valence-corrected chi connectivity index (χ2v) is 5.43. The van der Waals surface area contributed by atoms with E-state index in [0.717, 1.165) is 12.1 Å². The highest BCUT2D eigenvalue weighted by Gasteiger charge is 2.17. The molecule has 0 aliphatic rings. The first kappa shape index (κ1) is 16.8. The van der Waals surface area contributed by atoms with Gasteiger partial charge in [0, 0.05) is 18.3 Å². The maximum absolute atomic E-state index is 13.4. The van der Waals surface area contributed by atoms with Crippen molar-refractivity contribution in [3.05, 3.63) is 70.8 Å². The lowest BCUT2D eigenvalue weighted by Gasteiger charge is -2.21. The van der Waals surface area contributed by atoms with Crippen LogP contribution in [-0.2, 0) is 11.3 Å². The van der Waals surface area contributed by atoms with E-state index >= 15 is 0 Å². The lowest BCUT2D eigenvalue weighted by molar-refractivity contribution is -0.119.